The molecule has 154 valence electrons. The first-order valence-electron chi connectivity index (χ1n) is 10.7. The zero-order valence-electron chi connectivity index (χ0n) is 16.9. The van der Waals surface area contributed by atoms with Crippen molar-refractivity contribution in [2.45, 2.75) is 108 Å². The molecule has 4 unspecified atom stereocenters. The summed E-state index contributed by atoms with van der Waals surface area (Å²) in [5.74, 6) is -1.54. The van der Waals surface area contributed by atoms with Crippen LogP contribution in [0, 0.1) is 11.8 Å². The summed E-state index contributed by atoms with van der Waals surface area (Å²) in [7, 11) is 0. The van der Waals surface area contributed by atoms with Crippen LogP contribution in [0.5, 0.6) is 0 Å². The quantitative estimate of drug-likeness (QED) is 0.713. The topological polar surface area (TPSA) is 105 Å². The van der Waals surface area contributed by atoms with E-state index in [2.05, 4.69) is 13.8 Å². The Hall–Kier alpha value is -1.14. The van der Waals surface area contributed by atoms with Crippen LogP contribution >= 0.6 is 0 Å². The van der Waals surface area contributed by atoms with E-state index in [1.807, 2.05) is 0 Å². The largest absolute Gasteiger partial charge is 0.418 e. The third-order valence-corrected chi connectivity index (χ3v) is 6.90. The molecule has 0 radical (unpaired) electrons. The van der Waals surface area contributed by atoms with Crippen molar-refractivity contribution in [1.82, 2.24) is 0 Å². The molecule has 27 heavy (non-hydrogen) atoms. The van der Waals surface area contributed by atoms with Crippen molar-refractivity contribution in [3.63, 3.8) is 0 Å². The van der Waals surface area contributed by atoms with E-state index in [4.69, 9.17) is 20.9 Å². The van der Waals surface area contributed by atoms with Gasteiger partial charge in [0, 0.05) is 12.8 Å². The molecule has 0 aromatic carbocycles. The van der Waals surface area contributed by atoms with Crippen molar-refractivity contribution in [1.29, 1.82) is 0 Å². The fourth-order valence-electron chi connectivity index (χ4n) is 5.67. The van der Waals surface area contributed by atoms with E-state index < -0.39 is 16.9 Å². The minimum atomic E-state index is -1.58. The zero-order valence-corrected chi connectivity index (χ0v) is 16.9. The molecule has 1 saturated heterocycles. The molecule has 6 heteroatoms. The highest BCUT2D eigenvalue weighted by atomic mass is 16.7. The van der Waals surface area contributed by atoms with E-state index in [1.165, 1.54) is 0 Å². The molecule has 3 aliphatic rings. The number of nitrogens with two attached hydrogens (primary N) is 2. The van der Waals surface area contributed by atoms with Gasteiger partial charge < -0.3 is 20.9 Å². The van der Waals surface area contributed by atoms with E-state index in [9.17, 15) is 9.59 Å². The normalized spacial score (nSPS) is 40.9. The van der Waals surface area contributed by atoms with Crippen molar-refractivity contribution < 1.29 is 19.1 Å². The summed E-state index contributed by atoms with van der Waals surface area (Å²) >= 11 is 0. The van der Waals surface area contributed by atoms with Crippen LogP contribution in [0.4, 0.5) is 0 Å². The second kappa shape index (κ2) is 7.70. The number of cyclic esters (lactones) is 2. The van der Waals surface area contributed by atoms with Gasteiger partial charge in [-0.2, -0.15) is 0 Å². The van der Waals surface area contributed by atoms with Crippen LogP contribution in [0.1, 0.15) is 90.9 Å². The number of carbonyl (C=O) groups is 2. The smallest absolute Gasteiger partial charge is 0.309 e. The molecule has 2 aliphatic carbocycles. The molecule has 6 nitrogen and oxygen atoms in total. The predicted octanol–water partition coefficient (Wildman–Crippen LogP) is 3.16. The van der Waals surface area contributed by atoms with Crippen LogP contribution in [-0.2, 0) is 19.1 Å². The van der Waals surface area contributed by atoms with Crippen molar-refractivity contribution in [2.75, 3.05) is 0 Å². The lowest BCUT2D eigenvalue weighted by molar-refractivity contribution is -0.291. The number of carbonyl (C=O) groups excluding carboxylic acids is 2. The van der Waals surface area contributed by atoms with Gasteiger partial charge in [-0.25, -0.2) is 0 Å². The molecule has 3 rings (SSSR count). The van der Waals surface area contributed by atoms with Gasteiger partial charge in [0.25, 0.3) is 5.79 Å². The summed E-state index contributed by atoms with van der Waals surface area (Å²) in [6.45, 7) is 4.31. The Bertz CT molecular complexity index is 531. The first kappa shape index (κ1) is 20.6. The van der Waals surface area contributed by atoms with E-state index in [0.717, 1.165) is 25.7 Å². The molecule has 0 aromatic heterocycles. The van der Waals surface area contributed by atoms with Gasteiger partial charge in [0.15, 0.2) is 0 Å². The third-order valence-electron chi connectivity index (χ3n) is 6.90. The molecule has 1 aliphatic heterocycles. The second-order valence-corrected chi connectivity index (χ2v) is 9.49. The van der Waals surface area contributed by atoms with Gasteiger partial charge >= 0.3 is 11.9 Å². The highest BCUT2D eigenvalue weighted by molar-refractivity contribution is 5.74. The van der Waals surface area contributed by atoms with Crippen LogP contribution in [0.15, 0.2) is 0 Å². The summed E-state index contributed by atoms with van der Waals surface area (Å²) in [6.07, 6.45) is 8.33. The van der Waals surface area contributed by atoms with Crippen LogP contribution in [0.2, 0.25) is 0 Å². The molecule has 0 spiro atoms. The third kappa shape index (κ3) is 3.88. The first-order valence-corrected chi connectivity index (χ1v) is 10.7. The minimum absolute atomic E-state index is 0.273. The number of hydrogen-bond donors (Lipinski definition) is 2. The molecule has 0 bridgehead atoms. The monoisotopic (exact) mass is 380 g/mol. The lowest BCUT2D eigenvalue weighted by Crippen LogP contribution is -2.79. The van der Waals surface area contributed by atoms with Crippen LogP contribution in [0.3, 0.4) is 0 Å². The van der Waals surface area contributed by atoms with Crippen molar-refractivity contribution in [3.8, 4) is 0 Å². The molecule has 3 fully saturated rings. The maximum Gasteiger partial charge on any atom is 0.309 e. The molecule has 0 amide bonds. The Morgan fingerprint density at radius 1 is 0.778 bits per heavy atom. The summed E-state index contributed by atoms with van der Waals surface area (Å²) in [4.78, 5) is 25.4. The number of rotatable bonds is 2. The molecule has 0 aromatic rings. The highest BCUT2D eigenvalue weighted by Gasteiger charge is 2.67. The van der Waals surface area contributed by atoms with Gasteiger partial charge in [-0.1, -0.05) is 39.5 Å². The fraction of sp³-hybridized carbons (Fsp3) is 0.905. The summed E-state index contributed by atoms with van der Waals surface area (Å²) in [5, 5.41) is 0. The van der Waals surface area contributed by atoms with Gasteiger partial charge in [-0.3, -0.25) is 9.59 Å². The van der Waals surface area contributed by atoms with E-state index in [0.29, 0.717) is 50.4 Å². The van der Waals surface area contributed by atoms with Gasteiger partial charge in [0.05, 0.1) is 11.1 Å². The Balaban J connectivity index is 2.11. The number of ether oxygens (including phenoxy) is 2. The Kier molecular flexibility index (Phi) is 5.88. The van der Waals surface area contributed by atoms with Gasteiger partial charge in [0.1, 0.15) is 0 Å². The number of hydrogen-bond acceptors (Lipinski definition) is 6. The molecular weight excluding hydrogens is 344 g/mol. The molecule has 2 saturated carbocycles. The summed E-state index contributed by atoms with van der Waals surface area (Å²) in [6, 6.07) is 0. The Labute approximate surface area is 162 Å². The van der Waals surface area contributed by atoms with E-state index in [-0.39, 0.29) is 24.8 Å². The SMILES string of the molecule is CC1CCCC(N)(C2(C3(N)CCCC(C)C3)OC(=O)CCCCC(=O)O2)C1. The van der Waals surface area contributed by atoms with Gasteiger partial charge in [-0.05, 0) is 50.4 Å². The first-order chi connectivity index (χ1) is 12.7. The fourth-order valence-corrected chi connectivity index (χ4v) is 5.67. The Morgan fingerprint density at radius 2 is 1.19 bits per heavy atom. The average molecular weight is 381 g/mol. The summed E-state index contributed by atoms with van der Waals surface area (Å²) in [5.41, 5.74) is 12.1. The molecular formula is C21H36N2O4. The molecule has 1 heterocycles. The number of esters is 2. The van der Waals surface area contributed by atoms with Gasteiger partial charge in [-0.15, -0.1) is 0 Å². The van der Waals surface area contributed by atoms with E-state index >= 15 is 0 Å². The molecule has 4 N–H and O–H groups in total. The zero-order chi connectivity index (χ0) is 19.7. The van der Waals surface area contributed by atoms with Gasteiger partial charge in [0.2, 0.25) is 0 Å². The highest BCUT2D eigenvalue weighted by Crippen LogP contribution is 2.51. The lowest BCUT2D eigenvalue weighted by Gasteiger charge is -2.58. The Morgan fingerprint density at radius 3 is 1.56 bits per heavy atom. The second-order valence-electron chi connectivity index (χ2n) is 9.49. The maximum absolute atomic E-state index is 12.7. The van der Waals surface area contributed by atoms with E-state index in [1.54, 1.807) is 0 Å². The standard InChI is InChI=1S/C21H36N2O4/c1-15-7-5-11-19(22,13-15)21(20(23)12-6-8-16(2)14-20)26-17(24)9-3-4-10-18(25)27-21/h15-16H,3-14,22-23H2,1-2H3. The maximum atomic E-state index is 12.7. The summed E-state index contributed by atoms with van der Waals surface area (Å²) < 4.78 is 12.2. The van der Waals surface area contributed by atoms with Crippen LogP contribution in [-0.4, -0.2) is 28.8 Å². The minimum Gasteiger partial charge on any atom is -0.418 e. The average Bonchev–Trinajstić information content (AvgIpc) is 2.64. The van der Waals surface area contributed by atoms with Crippen molar-refractivity contribution in [2.24, 2.45) is 23.3 Å². The predicted molar refractivity (Wildman–Crippen MR) is 102 cm³/mol. The van der Waals surface area contributed by atoms with Crippen LogP contribution < -0.4 is 11.5 Å². The molecule has 4 atom stereocenters. The van der Waals surface area contributed by atoms with Crippen molar-refractivity contribution >= 4 is 11.9 Å². The lowest BCUT2D eigenvalue weighted by atomic mass is 9.61. The van der Waals surface area contributed by atoms with Crippen molar-refractivity contribution in [3.05, 3.63) is 0 Å². The van der Waals surface area contributed by atoms with Crippen LogP contribution in [0.25, 0.3) is 0 Å².